The zero-order chi connectivity index (χ0) is 16.0. The molecule has 0 spiro atoms. The highest BCUT2D eigenvalue weighted by Gasteiger charge is 2.38. The summed E-state index contributed by atoms with van der Waals surface area (Å²) in [5.74, 6) is 3.89. The summed E-state index contributed by atoms with van der Waals surface area (Å²) in [7, 11) is 1.69. The first kappa shape index (κ1) is 18.2. The number of hydrogen-bond donors (Lipinski definition) is 0. The van der Waals surface area contributed by atoms with Crippen molar-refractivity contribution in [3.63, 3.8) is 0 Å². The standard InChI is InChI=1S/C16H20O2S4/c1-4-14(17)19-9-10-20-15-11-21-16(2,22-15)12-5-7-13(18-3)8-6-12/h4-8,15H,1,9-11H2,2-3H3. The molecule has 2 rings (SSSR count). The Bertz CT molecular complexity index is 517. The molecular formula is C16H20O2S4. The Labute approximate surface area is 149 Å². The number of hydrogen-bond acceptors (Lipinski definition) is 6. The average molecular weight is 373 g/mol. The maximum absolute atomic E-state index is 11.2. The Morgan fingerprint density at radius 3 is 2.82 bits per heavy atom. The Kier molecular flexibility index (Phi) is 7.12. The normalized spacial score (nSPS) is 24.2. The maximum atomic E-state index is 11.2. The Balaban J connectivity index is 1.82. The monoisotopic (exact) mass is 372 g/mol. The highest BCUT2D eigenvalue weighted by Crippen LogP contribution is 2.57. The minimum absolute atomic E-state index is 0.0668. The molecule has 1 aliphatic heterocycles. The summed E-state index contributed by atoms with van der Waals surface area (Å²) in [5, 5.41) is 0.0668. The molecule has 1 aromatic carbocycles. The minimum Gasteiger partial charge on any atom is -0.497 e. The fraction of sp³-hybridized carbons (Fsp3) is 0.438. The van der Waals surface area contributed by atoms with Crippen LogP contribution in [0, 0.1) is 0 Å². The van der Waals surface area contributed by atoms with Crippen LogP contribution in [0.1, 0.15) is 12.5 Å². The highest BCUT2D eigenvalue weighted by molar-refractivity contribution is 8.28. The third-order valence-electron chi connectivity index (χ3n) is 3.26. The van der Waals surface area contributed by atoms with Crippen molar-refractivity contribution in [3.05, 3.63) is 42.5 Å². The van der Waals surface area contributed by atoms with Gasteiger partial charge in [-0.2, -0.15) is 0 Å². The summed E-state index contributed by atoms with van der Waals surface area (Å²) in [4.78, 5) is 11.2. The second-order valence-electron chi connectivity index (χ2n) is 4.78. The third kappa shape index (κ3) is 4.91. The molecule has 1 heterocycles. The summed E-state index contributed by atoms with van der Waals surface area (Å²) in [6.45, 7) is 5.78. The van der Waals surface area contributed by atoms with Gasteiger partial charge in [-0.05, 0) is 30.7 Å². The van der Waals surface area contributed by atoms with Crippen molar-refractivity contribution in [2.75, 3.05) is 24.4 Å². The zero-order valence-electron chi connectivity index (χ0n) is 12.7. The van der Waals surface area contributed by atoms with Crippen molar-refractivity contribution in [1.82, 2.24) is 0 Å². The van der Waals surface area contributed by atoms with Crippen molar-refractivity contribution >= 4 is 52.2 Å². The van der Waals surface area contributed by atoms with E-state index in [9.17, 15) is 4.79 Å². The van der Waals surface area contributed by atoms with E-state index in [1.54, 1.807) is 7.11 Å². The van der Waals surface area contributed by atoms with Crippen molar-refractivity contribution in [2.24, 2.45) is 0 Å². The Morgan fingerprint density at radius 1 is 1.45 bits per heavy atom. The van der Waals surface area contributed by atoms with Crippen LogP contribution in [0.25, 0.3) is 0 Å². The molecule has 0 bridgehead atoms. The fourth-order valence-electron chi connectivity index (χ4n) is 2.05. The van der Waals surface area contributed by atoms with E-state index in [0.29, 0.717) is 4.58 Å². The van der Waals surface area contributed by atoms with Crippen molar-refractivity contribution < 1.29 is 9.53 Å². The van der Waals surface area contributed by atoms with E-state index in [2.05, 4.69) is 25.6 Å². The smallest absolute Gasteiger partial charge is 0.211 e. The Hall–Kier alpha value is -0.170. The van der Waals surface area contributed by atoms with Gasteiger partial charge in [-0.3, -0.25) is 4.79 Å². The van der Waals surface area contributed by atoms with E-state index in [0.717, 1.165) is 23.0 Å². The lowest BCUT2D eigenvalue weighted by atomic mass is 10.1. The van der Waals surface area contributed by atoms with Crippen LogP contribution in [0.2, 0.25) is 0 Å². The van der Waals surface area contributed by atoms with Gasteiger partial charge < -0.3 is 4.74 Å². The topological polar surface area (TPSA) is 26.3 Å². The van der Waals surface area contributed by atoms with Gasteiger partial charge in [0.15, 0.2) is 0 Å². The SMILES string of the molecule is C=CC(=O)SCCSC1CSC(C)(c2ccc(OC)cc2)S1. The van der Waals surface area contributed by atoms with Crippen LogP contribution < -0.4 is 4.74 Å². The lowest BCUT2D eigenvalue weighted by Gasteiger charge is -2.23. The van der Waals surface area contributed by atoms with Crippen LogP contribution in [0.5, 0.6) is 5.75 Å². The molecule has 1 saturated heterocycles. The summed E-state index contributed by atoms with van der Waals surface area (Å²) in [5.41, 5.74) is 1.34. The van der Waals surface area contributed by atoms with E-state index >= 15 is 0 Å². The maximum Gasteiger partial charge on any atom is 0.211 e. The number of rotatable bonds is 7. The largest absolute Gasteiger partial charge is 0.497 e. The number of ether oxygens (including phenoxy) is 1. The molecule has 6 heteroatoms. The summed E-state index contributed by atoms with van der Waals surface area (Å²) in [6, 6.07) is 8.37. The molecule has 0 amide bonds. The molecule has 2 atom stereocenters. The van der Waals surface area contributed by atoms with Crippen LogP contribution in [0.4, 0.5) is 0 Å². The lowest BCUT2D eigenvalue weighted by molar-refractivity contribution is -0.107. The molecule has 0 radical (unpaired) electrons. The van der Waals surface area contributed by atoms with E-state index in [1.807, 2.05) is 47.4 Å². The predicted octanol–water partition coefficient (Wildman–Crippen LogP) is 4.85. The van der Waals surface area contributed by atoms with E-state index in [4.69, 9.17) is 4.74 Å². The molecule has 0 aromatic heterocycles. The third-order valence-corrected chi connectivity index (χ3v) is 9.52. The molecule has 120 valence electrons. The first-order chi connectivity index (χ1) is 10.6. The predicted molar refractivity (Wildman–Crippen MR) is 104 cm³/mol. The van der Waals surface area contributed by atoms with Gasteiger partial charge in [-0.1, -0.05) is 30.5 Å². The van der Waals surface area contributed by atoms with Gasteiger partial charge in [0.05, 0.1) is 15.8 Å². The fourth-order valence-corrected chi connectivity index (χ4v) is 8.10. The van der Waals surface area contributed by atoms with Crippen LogP contribution in [0.3, 0.4) is 0 Å². The van der Waals surface area contributed by atoms with Crippen LogP contribution >= 0.6 is 47.0 Å². The first-order valence-electron chi connectivity index (χ1n) is 6.94. The summed E-state index contributed by atoms with van der Waals surface area (Å²) < 4.78 is 5.91. The average Bonchev–Trinajstić information content (AvgIpc) is 2.94. The van der Waals surface area contributed by atoms with Gasteiger partial charge in [-0.15, -0.1) is 35.3 Å². The number of carbonyl (C=O) groups excluding carboxylic acids is 1. The molecule has 2 nitrogen and oxygen atoms in total. The van der Waals surface area contributed by atoms with Crippen LogP contribution in [0.15, 0.2) is 36.9 Å². The van der Waals surface area contributed by atoms with Gasteiger partial charge in [0.25, 0.3) is 0 Å². The number of benzene rings is 1. The van der Waals surface area contributed by atoms with Gasteiger partial charge in [0, 0.05) is 17.3 Å². The number of carbonyl (C=O) groups is 1. The molecule has 1 aromatic rings. The molecule has 0 aliphatic carbocycles. The van der Waals surface area contributed by atoms with Gasteiger partial charge in [0.2, 0.25) is 5.12 Å². The van der Waals surface area contributed by atoms with Crippen LogP contribution in [-0.4, -0.2) is 34.1 Å². The highest BCUT2D eigenvalue weighted by atomic mass is 32.2. The molecule has 0 saturated carbocycles. The summed E-state index contributed by atoms with van der Waals surface area (Å²) >= 11 is 7.32. The van der Waals surface area contributed by atoms with Gasteiger partial charge >= 0.3 is 0 Å². The van der Waals surface area contributed by atoms with E-state index < -0.39 is 0 Å². The molecular weight excluding hydrogens is 352 g/mol. The van der Waals surface area contributed by atoms with Crippen molar-refractivity contribution in [2.45, 2.75) is 15.6 Å². The quantitative estimate of drug-likeness (QED) is 0.501. The van der Waals surface area contributed by atoms with Gasteiger partial charge in [-0.25, -0.2) is 0 Å². The molecule has 22 heavy (non-hydrogen) atoms. The second kappa shape index (κ2) is 8.62. The zero-order valence-corrected chi connectivity index (χ0v) is 16.0. The summed E-state index contributed by atoms with van der Waals surface area (Å²) in [6.07, 6.45) is 1.39. The second-order valence-corrected chi connectivity index (χ2v) is 10.8. The molecule has 2 unspecified atom stereocenters. The first-order valence-corrected chi connectivity index (χ1v) is 10.8. The van der Waals surface area contributed by atoms with Gasteiger partial charge in [0.1, 0.15) is 5.75 Å². The van der Waals surface area contributed by atoms with Crippen LogP contribution in [-0.2, 0) is 8.87 Å². The molecule has 1 aliphatic rings. The van der Waals surface area contributed by atoms with Crippen molar-refractivity contribution in [1.29, 1.82) is 0 Å². The number of methoxy groups -OCH3 is 1. The van der Waals surface area contributed by atoms with E-state index in [-0.39, 0.29) is 9.19 Å². The molecule has 0 N–H and O–H groups in total. The molecule has 1 fully saturated rings. The number of thioether (sulfide) groups is 4. The Morgan fingerprint density at radius 2 is 2.18 bits per heavy atom. The van der Waals surface area contributed by atoms with E-state index in [1.165, 1.54) is 23.4 Å². The lowest BCUT2D eigenvalue weighted by Crippen LogP contribution is -2.09. The minimum atomic E-state index is 0.0668. The van der Waals surface area contributed by atoms with Crippen molar-refractivity contribution in [3.8, 4) is 5.75 Å².